The molecule has 1 aromatic rings. The molecule has 0 saturated carbocycles. The summed E-state index contributed by atoms with van der Waals surface area (Å²) in [4.78, 5) is 15.5. The average molecular weight is 298 g/mol. The number of anilines is 1. The first-order valence-corrected chi connectivity index (χ1v) is 6.36. The molecule has 2 N–H and O–H groups in total. The van der Waals surface area contributed by atoms with Gasteiger partial charge in [0.1, 0.15) is 0 Å². The summed E-state index contributed by atoms with van der Waals surface area (Å²) in [5.74, 6) is 0.183. The molecule has 4 nitrogen and oxygen atoms in total. The van der Waals surface area contributed by atoms with E-state index in [0.717, 1.165) is 35.4 Å². The molecule has 0 bridgehead atoms. The number of benzene rings is 1. The highest BCUT2D eigenvalue weighted by molar-refractivity contribution is 9.10. The van der Waals surface area contributed by atoms with Crippen molar-refractivity contribution in [2.24, 2.45) is 0 Å². The number of rotatable bonds is 2. The van der Waals surface area contributed by atoms with Gasteiger partial charge in [-0.2, -0.15) is 0 Å². The molecule has 1 aliphatic rings. The Hall–Kier alpha value is -1.07. The van der Waals surface area contributed by atoms with Gasteiger partial charge >= 0.3 is 0 Å². The van der Waals surface area contributed by atoms with Crippen LogP contribution in [-0.4, -0.2) is 42.4 Å². The van der Waals surface area contributed by atoms with E-state index >= 15 is 0 Å². The number of hydrogen-bond acceptors (Lipinski definition) is 3. The van der Waals surface area contributed by atoms with Gasteiger partial charge in [-0.25, -0.2) is 0 Å². The highest BCUT2D eigenvalue weighted by Crippen LogP contribution is 2.21. The minimum atomic E-state index is 0.183. The van der Waals surface area contributed by atoms with Crippen molar-refractivity contribution in [1.82, 2.24) is 9.80 Å². The van der Waals surface area contributed by atoms with Gasteiger partial charge in [-0.3, -0.25) is 9.69 Å². The summed E-state index contributed by atoms with van der Waals surface area (Å²) in [6.07, 6.45) is 0. The Kier molecular flexibility index (Phi) is 3.69. The zero-order chi connectivity index (χ0) is 12.4. The van der Waals surface area contributed by atoms with Gasteiger partial charge in [0.2, 0.25) is 5.91 Å². The van der Waals surface area contributed by atoms with Crippen molar-refractivity contribution in [3.8, 4) is 0 Å². The van der Waals surface area contributed by atoms with Crippen molar-refractivity contribution in [2.75, 3.05) is 32.4 Å². The van der Waals surface area contributed by atoms with Crippen LogP contribution in [0.15, 0.2) is 22.7 Å². The topological polar surface area (TPSA) is 49.6 Å². The molecule has 17 heavy (non-hydrogen) atoms. The number of amides is 1. The van der Waals surface area contributed by atoms with E-state index in [9.17, 15) is 4.79 Å². The first-order chi connectivity index (χ1) is 8.06. The van der Waals surface area contributed by atoms with Crippen molar-refractivity contribution < 1.29 is 4.79 Å². The van der Waals surface area contributed by atoms with Crippen LogP contribution in [0.5, 0.6) is 0 Å². The first-order valence-electron chi connectivity index (χ1n) is 5.56. The Labute approximate surface area is 110 Å². The molecule has 1 heterocycles. The van der Waals surface area contributed by atoms with Crippen LogP contribution in [0.4, 0.5) is 5.69 Å². The largest absolute Gasteiger partial charge is 0.399 e. The van der Waals surface area contributed by atoms with Crippen molar-refractivity contribution >= 4 is 27.5 Å². The fraction of sp³-hybridized carbons (Fsp3) is 0.417. The normalized spacial score (nSPS) is 17.5. The SMILES string of the molecule is CN1CCN(Cc2ccc(N)cc2Br)CC1=O. The van der Waals surface area contributed by atoms with Gasteiger partial charge < -0.3 is 10.6 Å². The Morgan fingerprint density at radius 2 is 2.18 bits per heavy atom. The van der Waals surface area contributed by atoms with Crippen molar-refractivity contribution in [3.63, 3.8) is 0 Å². The maximum absolute atomic E-state index is 11.6. The second kappa shape index (κ2) is 5.06. The summed E-state index contributed by atoms with van der Waals surface area (Å²) in [6.45, 7) is 2.98. The van der Waals surface area contributed by atoms with Crippen LogP contribution in [0.1, 0.15) is 5.56 Å². The standard InChI is InChI=1S/C12H16BrN3O/c1-15-4-5-16(8-12(15)17)7-9-2-3-10(14)6-11(9)13/h2-3,6H,4-5,7-8,14H2,1H3. The number of nitrogens with two attached hydrogens (primary N) is 1. The maximum Gasteiger partial charge on any atom is 0.236 e. The molecule has 0 unspecified atom stereocenters. The van der Waals surface area contributed by atoms with Gasteiger partial charge in [-0.15, -0.1) is 0 Å². The third kappa shape index (κ3) is 2.98. The van der Waals surface area contributed by atoms with Crippen molar-refractivity contribution in [1.29, 1.82) is 0 Å². The molecule has 5 heteroatoms. The fourth-order valence-electron chi connectivity index (χ4n) is 1.87. The summed E-state index contributed by atoms with van der Waals surface area (Å²) in [5.41, 5.74) is 7.61. The van der Waals surface area contributed by atoms with E-state index in [1.165, 1.54) is 0 Å². The molecule has 0 atom stereocenters. The second-order valence-corrected chi connectivity index (χ2v) is 5.23. The number of nitrogens with zero attached hydrogens (tertiary/aromatic N) is 2. The lowest BCUT2D eigenvalue weighted by atomic mass is 10.2. The monoisotopic (exact) mass is 297 g/mol. The lowest BCUT2D eigenvalue weighted by Gasteiger charge is -2.32. The van der Waals surface area contributed by atoms with Gasteiger partial charge in [-0.1, -0.05) is 22.0 Å². The number of carbonyl (C=O) groups is 1. The molecule has 1 fully saturated rings. The number of hydrogen-bond donors (Lipinski definition) is 1. The summed E-state index contributed by atoms with van der Waals surface area (Å²) < 4.78 is 1.00. The molecular formula is C12H16BrN3O. The number of halogens is 1. The first kappa shape index (κ1) is 12.4. The van der Waals surface area contributed by atoms with Gasteiger partial charge in [0, 0.05) is 36.8 Å². The quantitative estimate of drug-likeness (QED) is 0.838. The van der Waals surface area contributed by atoms with Crippen LogP contribution < -0.4 is 5.73 Å². The van der Waals surface area contributed by atoms with Crippen molar-refractivity contribution in [3.05, 3.63) is 28.2 Å². The van der Waals surface area contributed by atoms with Crippen LogP contribution in [0.3, 0.4) is 0 Å². The summed E-state index contributed by atoms with van der Waals surface area (Å²) in [7, 11) is 1.85. The minimum Gasteiger partial charge on any atom is -0.399 e. The Bertz CT molecular complexity index is 436. The Morgan fingerprint density at radius 1 is 1.41 bits per heavy atom. The van der Waals surface area contributed by atoms with Gasteiger partial charge in [0.15, 0.2) is 0 Å². The average Bonchev–Trinajstić information content (AvgIpc) is 2.27. The van der Waals surface area contributed by atoms with Crippen LogP contribution in [0, 0.1) is 0 Å². The highest BCUT2D eigenvalue weighted by atomic mass is 79.9. The number of carbonyl (C=O) groups excluding carboxylic acids is 1. The van der Waals surface area contributed by atoms with E-state index in [1.807, 2.05) is 25.2 Å². The highest BCUT2D eigenvalue weighted by Gasteiger charge is 2.21. The second-order valence-electron chi connectivity index (χ2n) is 4.38. The van der Waals surface area contributed by atoms with Crippen LogP contribution in [0.25, 0.3) is 0 Å². The molecule has 1 saturated heterocycles. The summed E-state index contributed by atoms with van der Waals surface area (Å²) in [5, 5.41) is 0. The zero-order valence-corrected chi connectivity index (χ0v) is 11.4. The number of likely N-dealkylation sites (N-methyl/N-ethyl adjacent to an activating group) is 1. The molecule has 1 aromatic carbocycles. The zero-order valence-electron chi connectivity index (χ0n) is 9.82. The van der Waals surface area contributed by atoms with Gasteiger partial charge in [-0.05, 0) is 17.7 Å². The lowest BCUT2D eigenvalue weighted by Crippen LogP contribution is -2.47. The van der Waals surface area contributed by atoms with Gasteiger partial charge in [0.25, 0.3) is 0 Å². The molecule has 92 valence electrons. The molecule has 1 amide bonds. The van der Waals surface area contributed by atoms with Crippen molar-refractivity contribution in [2.45, 2.75) is 6.54 Å². The van der Waals surface area contributed by atoms with Crippen LogP contribution in [-0.2, 0) is 11.3 Å². The minimum absolute atomic E-state index is 0.183. The third-order valence-electron chi connectivity index (χ3n) is 3.01. The molecule has 0 spiro atoms. The van der Waals surface area contributed by atoms with E-state index < -0.39 is 0 Å². The Morgan fingerprint density at radius 3 is 2.82 bits per heavy atom. The molecule has 0 radical (unpaired) electrons. The van der Waals surface area contributed by atoms with E-state index in [0.29, 0.717) is 6.54 Å². The van der Waals surface area contributed by atoms with Crippen LogP contribution >= 0.6 is 15.9 Å². The van der Waals surface area contributed by atoms with E-state index in [-0.39, 0.29) is 5.91 Å². The summed E-state index contributed by atoms with van der Waals surface area (Å²) in [6, 6.07) is 5.79. The third-order valence-corrected chi connectivity index (χ3v) is 3.75. The van der Waals surface area contributed by atoms with E-state index in [1.54, 1.807) is 4.90 Å². The van der Waals surface area contributed by atoms with E-state index in [2.05, 4.69) is 20.8 Å². The maximum atomic E-state index is 11.6. The predicted molar refractivity (Wildman–Crippen MR) is 71.5 cm³/mol. The van der Waals surface area contributed by atoms with Gasteiger partial charge in [0.05, 0.1) is 6.54 Å². The molecule has 0 aliphatic carbocycles. The smallest absolute Gasteiger partial charge is 0.236 e. The molecule has 1 aliphatic heterocycles. The number of nitrogen functional groups attached to an aromatic ring is 1. The lowest BCUT2D eigenvalue weighted by molar-refractivity contribution is -0.134. The molecule has 2 rings (SSSR count). The molecule has 0 aromatic heterocycles. The summed E-state index contributed by atoms with van der Waals surface area (Å²) >= 11 is 3.50. The predicted octanol–water partition coefficient (Wildman–Crippen LogP) is 1.31. The number of piperazine rings is 1. The molecular weight excluding hydrogens is 282 g/mol. The fourth-order valence-corrected chi connectivity index (χ4v) is 2.40. The Balaban J connectivity index is 2.04. The van der Waals surface area contributed by atoms with Crippen LogP contribution in [0.2, 0.25) is 0 Å². The van der Waals surface area contributed by atoms with E-state index in [4.69, 9.17) is 5.73 Å².